The molecule has 2 N–H and O–H groups in total. The van der Waals surface area contributed by atoms with Crippen LogP contribution in [0.4, 0.5) is 4.79 Å². The van der Waals surface area contributed by atoms with E-state index in [9.17, 15) is 18.0 Å². The third-order valence-electron chi connectivity index (χ3n) is 3.38. The molecule has 2 saturated heterocycles. The van der Waals surface area contributed by atoms with Gasteiger partial charge in [0.05, 0.1) is 11.8 Å². The predicted molar refractivity (Wildman–Crippen MR) is 66.1 cm³/mol. The van der Waals surface area contributed by atoms with Crippen LogP contribution in [0.15, 0.2) is 0 Å². The molecule has 2 aliphatic rings. The fraction of sp³-hybridized carbons (Fsp3) is 0.800. The Labute approximate surface area is 111 Å². The number of hydrogen-bond acceptors (Lipinski definition) is 4. The zero-order chi connectivity index (χ0) is 14.0. The number of carbonyl (C=O) groups is 2. The molecule has 1 unspecified atom stereocenters. The molecule has 8 nitrogen and oxygen atoms in total. The van der Waals surface area contributed by atoms with Crippen molar-refractivity contribution in [3.05, 3.63) is 0 Å². The van der Waals surface area contributed by atoms with E-state index in [4.69, 9.17) is 5.11 Å². The van der Waals surface area contributed by atoms with Crippen LogP contribution >= 0.6 is 0 Å². The maximum absolute atomic E-state index is 12.0. The van der Waals surface area contributed by atoms with Crippen molar-refractivity contribution in [2.75, 3.05) is 31.9 Å². The van der Waals surface area contributed by atoms with E-state index in [0.29, 0.717) is 13.1 Å². The molecule has 0 aromatic rings. The van der Waals surface area contributed by atoms with Gasteiger partial charge in [-0.1, -0.05) is 0 Å². The van der Waals surface area contributed by atoms with E-state index in [1.165, 1.54) is 4.31 Å². The first-order valence-electron chi connectivity index (χ1n) is 6.14. The number of carbonyl (C=O) groups excluding carboxylic acids is 1. The first-order chi connectivity index (χ1) is 8.90. The summed E-state index contributed by atoms with van der Waals surface area (Å²) < 4.78 is 25.5. The Bertz CT molecular complexity index is 478. The molecule has 9 heteroatoms. The predicted octanol–water partition coefficient (Wildman–Crippen LogP) is -1.11. The number of urea groups is 1. The number of hydrogen-bond donors (Lipinski definition) is 2. The number of fused-ring (bicyclic) bond motifs is 1. The quantitative estimate of drug-likeness (QED) is 0.668. The number of aliphatic carboxylic acids is 1. The van der Waals surface area contributed by atoms with Crippen molar-refractivity contribution in [1.82, 2.24) is 14.5 Å². The number of carboxylic acids is 1. The van der Waals surface area contributed by atoms with E-state index in [1.807, 2.05) is 0 Å². The van der Waals surface area contributed by atoms with E-state index in [2.05, 4.69) is 5.32 Å². The smallest absolute Gasteiger partial charge is 0.317 e. The lowest BCUT2D eigenvalue weighted by molar-refractivity contribution is -0.137. The standard InChI is InChI=1S/C10H17N3O5S/c14-9(15)2-1-5-19(17,18)12-3-4-13-8(7-12)6-11-10(13)16/h8H,1-7H2,(H,11,16)(H,14,15). The molecule has 0 spiro atoms. The van der Waals surface area contributed by atoms with Gasteiger partial charge in [0, 0.05) is 32.6 Å². The van der Waals surface area contributed by atoms with Gasteiger partial charge in [0.2, 0.25) is 10.0 Å². The highest BCUT2D eigenvalue weighted by molar-refractivity contribution is 7.89. The van der Waals surface area contributed by atoms with Crippen LogP contribution in [0, 0.1) is 0 Å². The molecule has 2 amide bonds. The van der Waals surface area contributed by atoms with Gasteiger partial charge >= 0.3 is 12.0 Å². The van der Waals surface area contributed by atoms with Gasteiger partial charge in [-0.2, -0.15) is 4.31 Å². The second-order valence-corrected chi connectivity index (χ2v) is 6.79. The first-order valence-corrected chi connectivity index (χ1v) is 7.75. The van der Waals surface area contributed by atoms with Gasteiger partial charge < -0.3 is 15.3 Å². The van der Waals surface area contributed by atoms with Crippen LogP contribution in [0.25, 0.3) is 0 Å². The summed E-state index contributed by atoms with van der Waals surface area (Å²) in [4.78, 5) is 23.4. The number of sulfonamides is 1. The molecule has 19 heavy (non-hydrogen) atoms. The van der Waals surface area contributed by atoms with Crippen LogP contribution in [-0.4, -0.2) is 72.7 Å². The molecule has 0 aromatic heterocycles. The summed E-state index contributed by atoms with van der Waals surface area (Å²) >= 11 is 0. The molecular weight excluding hydrogens is 274 g/mol. The molecule has 0 bridgehead atoms. The number of nitrogens with one attached hydrogen (secondary N) is 1. The lowest BCUT2D eigenvalue weighted by Crippen LogP contribution is -2.54. The maximum atomic E-state index is 12.0. The fourth-order valence-corrected chi connectivity index (χ4v) is 3.89. The molecule has 0 saturated carbocycles. The Morgan fingerprint density at radius 1 is 1.42 bits per heavy atom. The molecule has 0 radical (unpaired) electrons. The summed E-state index contributed by atoms with van der Waals surface area (Å²) in [6.45, 7) is 1.40. The van der Waals surface area contributed by atoms with Gasteiger partial charge in [-0.15, -0.1) is 0 Å². The number of amides is 2. The molecule has 0 aromatic carbocycles. The Kier molecular flexibility index (Phi) is 3.95. The van der Waals surface area contributed by atoms with E-state index < -0.39 is 16.0 Å². The van der Waals surface area contributed by atoms with Gasteiger partial charge in [0.25, 0.3) is 0 Å². The summed E-state index contributed by atoms with van der Waals surface area (Å²) in [6.07, 6.45) is -0.0393. The van der Waals surface area contributed by atoms with Gasteiger partial charge in [-0.25, -0.2) is 13.2 Å². The number of nitrogens with zero attached hydrogens (tertiary/aromatic N) is 2. The zero-order valence-electron chi connectivity index (χ0n) is 10.4. The highest BCUT2D eigenvalue weighted by Gasteiger charge is 2.38. The molecule has 0 aliphatic carbocycles. The van der Waals surface area contributed by atoms with Crippen LogP contribution < -0.4 is 5.32 Å². The zero-order valence-corrected chi connectivity index (χ0v) is 11.2. The SMILES string of the molecule is O=C(O)CCCS(=O)(=O)N1CCN2C(=O)NCC2C1. The summed E-state index contributed by atoms with van der Waals surface area (Å²) in [7, 11) is -3.43. The molecule has 108 valence electrons. The maximum Gasteiger partial charge on any atom is 0.317 e. The van der Waals surface area contributed by atoms with Crippen molar-refractivity contribution >= 4 is 22.0 Å². The third kappa shape index (κ3) is 3.16. The summed E-state index contributed by atoms with van der Waals surface area (Å²) in [5.74, 6) is -1.15. The average molecular weight is 291 g/mol. The Morgan fingerprint density at radius 3 is 2.84 bits per heavy atom. The summed E-state index contributed by atoms with van der Waals surface area (Å²) in [5, 5.41) is 11.2. The van der Waals surface area contributed by atoms with Gasteiger partial charge in [0.1, 0.15) is 0 Å². The van der Waals surface area contributed by atoms with E-state index in [-0.39, 0.29) is 43.8 Å². The Hall–Kier alpha value is -1.35. The van der Waals surface area contributed by atoms with Crippen molar-refractivity contribution in [2.24, 2.45) is 0 Å². The largest absolute Gasteiger partial charge is 0.481 e. The Morgan fingerprint density at radius 2 is 2.16 bits per heavy atom. The molecule has 2 aliphatic heterocycles. The normalized spacial score (nSPS) is 24.1. The van der Waals surface area contributed by atoms with Crippen LogP contribution in [0.5, 0.6) is 0 Å². The third-order valence-corrected chi connectivity index (χ3v) is 5.30. The molecular formula is C10H17N3O5S. The molecule has 2 rings (SSSR count). The Balaban J connectivity index is 1.91. The van der Waals surface area contributed by atoms with Crippen LogP contribution in [0.3, 0.4) is 0 Å². The lowest BCUT2D eigenvalue weighted by atomic mass is 10.2. The van der Waals surface area contributed by atoms with Crippen LogP contribution in [0.1, 0.15) is 12.8 Å². The summed E-state index contributed by atoms with van der Waals surface area (Å²) in [5.41, 5.74) is 0. The van der Waals surface area contributed by atoms with Crippen molar-refractivity contribution in [3.63, 3.8) is 0 Å². The topological polar surface area (TPSA) is 107 Å². The van der Waals surface area contributed by atoms with E-state index in [1.54, 1.807) is 4.90 Å². The van der Waals surface area contributed by atoms with E-state index in [0.717, 1.165) is 0 Å². The first kappa shape index (κ1) is 14.1. The summed E-state index contributed by atoms with van der Waals surface area (Å²) in [6, 6.07) is -0.261. The minimum absolute atomic E-state index is 0.111. The molecule has 2 fully saturated rings. The molecule has 1 atom stereocenters. The van der Waals surface area contributed by atoms with Gasteiger partial charge in [-0.05, 0) is 6.42 Å². The van der Waals surface area contributed by atoms with Crippen molar-refractivity contribution in [2.45, 2.75) is 18.9 Å². The lowest BCUT2D eigenvalue weighted by Gasteiger charge is -2.35. The second-order valence-electron chi connectivity index (χ2n) is 4.70. The van der Waals surface area contributed by atoms with Crippen LogP contribution in [0.2, 0.25) is 0 Å². The second kappa shape index (κ2) is 5.33. The van der Waals surface area contributed by atoms with Crippen molar-refractivity contribution in [1.29, 1.82) is 0 Å². The van der Waals surface area contributed by atoms with E-state index >= 15 is 0 Å². The molecule has 2 heterocycles. The minimum atomic E-state index is -3.43. The monoisotopic (exact) mass is 291 g/mol. The van der Waals surface area contributed by atoms with Crippen molar-refractivity contribution < 1.29 is 23.1 Å². The van der Waals surface area contributed by atoms with Crippen molar-refractivity contribution in [3.8, 4) is 0 Å². The minimum Gasteiger partial charge on any atom is -0.481 e. The van der Waals surface area contributed by atoms with Gasteiger partial charge in [0.15, 0.2) is 0 Å². The number of carboxylic acid groups (broad SMARTS) is 1. The number of rotatable bonds is 5. The highest BCUT2D eigenvalue weighted by Crippen LogP contribution is 2.17. The number of piperazine rings is 1. The fourth-order valence-electron chi connectivity index (χ4n) is 2.36. The average Bonchev–Trinajstić information content (AvgIpc) is 2.70. The highest BCUT2D eigenvalue weighted by atomic mass is 32.2. The van der Waals surface area contributed by atoms with Gasteiger partial charge in [-0.3, -0.25) is 4.79 Å². The van der Waals surface area contributed by atoms with Crippen LogP contribution in [-0.2, 0) is 14.8 Å².